The summed E-state index contributed by atoms with van der Waals surface area (Å²) in [5, 5.41) is 6.21. The monoisotopic (exact) mass is 388 g/mol. The molecule has 3 rings (SSSR count). The van der Waals surface area contributed by atoms with Gasteiger partial charge in [-0.2, -0.15) is 0 Å². The van der Waals surface area contributed by atoms with Gasteiger partial charge in [0.1, 0.15) is 12.4 Å². The highest BCUT2D eigenvalue weighted by atomic mass is 32.1. The first kappa shape index (κ1) is 19.9. The van der Waals surface area contributed by atoms with Gasteiger partial charge in [-0.15, -0.1) is 11.3 Å². The molecule has 0 radical (unpaired) electrons. The lowest BCUT2D eigenvalue weighted by Gasteiger charge is -2.39. The molecule has 2 heterocycles. The van der Waals surface area contributed by atoms with Crippen molar-refractivity contribution in [2.24, 2.45) is 5.41 Å². The number of nitrogens with one attached hydrogen (secondary N) is 1. The predicted molar refractivity (Wildman–Crippen MR) is 111 cm³/mol. The number of benzene rings is 1. The molecule has 0 saturated carbocycles. The fourth-order valence-corrected chi connectivity index (χ4v) is 4.51. The molecule has 0 bridgehead atoms. The van der Waals surface area contributed by atoms with Crippen LogP contribution >= 0.6 is 11.3 Å². The average molecular weight is 389 g/mol. The van der Waals surface area contributed by atoms with Crippen molar-refractivity contribution in [3.8, 4) is 5.75 Å². The zero-order valence-corrected chi connectivity index (χ0v) is 16.9. The maximum Gasteiger partial charge on any atom is 0.251 e. The molecule has 6 heteroatoms. The third kappa shape index (κ3) is 4.89. The summed E-state index contributed by atoms with van der Waals surface area (Å²) in [6, 6.07) is 5.80. The molecule has 0 atom stereocenters. The maximum absolute atomic E-state index is 12.9. The van der Waals surface area contributed by atoms with Gasteiger partial charge in [-0.25, -0.2) is 0 Å². The smallest absolute Gasteiger partial charge is 0.251 e. The van der Waals surface area contributed by atoms with Crippen molar-refractivity contribution in [3.05, 3.63) is 41.8 Å². The Kier molecular flexibility index (Phi) is 6.52. The highest BCUT2D eigenvalue weighted by Crippen LogP contribution is 2.33. The first-order valence-electron chi connectivity index (χ1n) is 9.29. The summed E-state index contributed by atoms with van der Waals surface area (Å²) in [5.41, 5.74) is 0.697. The van der Waals surface area contributed by atoms with E-state index in [0.29, 0.717) is 18.7 Å². The van der Waals surface area contributed by atoms with Crippen LogP contribution in [0.2, 0.25) is 0 Å². The van der Waals surface area contributed by atoms with Crippen LogP contribution in [-0.2, 0) is 4.74 Å². The van der Waals surface area contributed by atoms with Gasteiger partial charge < -0.3 is 19.7 Å². The Morgan fingerprint density at radius 1 is 1.41 bits per heavy atom. The largest absolute Gasteiger partial charge is 0.489 e. The SMILES string of the molecule is C=CCOc1cc(C(=O)NCC2(CN(C)C)CCOCC2)cc2sccc12. The Bertz CT molecular complexity index is 794. The number of thiophene rings is 1. The fourth-order valence-electron chi connectivity index (χ4n) is 3.67. The Morgan fingerprint density at radius 3 is 2.89 bits per heavy atom. The van der Waals surface area contributed by atoms with Crippen LogP contribution in [0.4, 0.5) is 0 Å². The summed E-state index contributed by atoms with van der Waals surface area (Å²) < 4.78 is 12.4. The summed E-state index contributed by atoms with van der Waals surface area (Å²) in [5.74, 6) is 0.672. The van der Waals surface area contributed by atoms with E-state index in [9.17, 15) is 4.79 Å². The zero-order valence-electron chi connectivity index (χ0n) is 16.1. The van der Waals surface area contributed by atoms with E-state index >= 15 is 0 Å². The lowest BCUT2D eigenvalue weighted by molar-refractivity contribution is 0.00285. The van der Waals surface area contributed by atoms with E-state index in [2.05, 4.69) is 30.9 Å². The molecular formula is C21H28N2O3S. The van der Waals surface area contributed by atoms with Crippen molar-refractivity contribution in [1.82, 2.24) is 10.2 Å². The molecule has 1 fully saturated rings. The zero-order chi connectivity index (χ0) is 19.3. The Labute approximate surface area is 165 Å². The third-order valence-electron chi connectivity index (χ3n) is 4.98. The number of hydrogen-bond acceptors (Lipinski definition) is 5. The van der Waals surface area contributed by atoms with Crippen molar-refractivity contribution < 1.29 is 14.3 Å². The van der Waals surface area contributed by atoms with E-state index in [-0.39, 0.29) is 11.3 Å². The van der Waals surface area contributed by atoms with Crippen LogP contribution in [0.1, 0.15) is 23.2 Å². The molecule has 146 valence electrons. The van der Waals surface area contributed by atoms with Crippen molar-refractivity contribution >= 4 is 27.3 Å². The van der Waals surface area contributed by atoms with Gasteiger partial charge >= 0.3 is 0 Å². The van der Waals surface area contributed by atoms with E-state index in [1.807, 2.05) is 23.6 Å². The molecule has 5 nitrogen and oxygen atoms in total. The minimum atomic E-state index is -0.0571. The lowest BCUT2D eigenvalue weighted by Crippen LogP contribution is -2.47. The fraction of sp³-hybridized carbons (Fsp3) is 0.476. The molecule has 1 aliphatic heterocycles. The van der Waals surface area contributed by atoms with Crippen LogP contribution in [0.15, 0.2) is 36.2 Å². The molecule has 1 saturated heterocycles. The molecule has 0 spiro atoms. The van der Waals surface area contributed by atoms with Crippen LogP contribution < -0.4 is 10.1 Å². The van der Waals surface area contributed by atoms with Crippen molar-refractivity contribution in [3.63, 3.8) is 0 Å². The molecule has 2 aromatic rings. The van der Waals surface area contributed by atoms with Crippen molar-refractivity contribution in [1.29, 1.82) is 0 Å². The summed E-state index contributed by atoms with van der Waals surface area (Å²) in [7, 11) is 4.15. The lowest BCUT2D eigenvalue weighted by atomic mass is 9.79. The topological polar surface area (TPSA) is 50.8 Å². The van der Waals surface area contributed by atoms with Gasteiger partial charge in [0.2, 0.25) is 0 Å². The molecular weight excluding hydrogens is 360 g/mol. The third-order valence-corrected chi connectivity index (χ3v) is 5.85. The standard InChI is InChI=1S/C21H28N2O3S/c1-4-8-26-18-12-16(13-19-17(18)5-11-27-19)20(24)22-14-21(15-23(2)3)6-9-25-10-7-21/h4-5,11-13H,1,6-10,14-15H2,2-3H3,(H,22,24). The number of fused-ring (bicyclic) bond motifs is 1. The summed E-state index contributed by atoms with van der Waals surface area (Å²) in [6.45, 7) is 7.22. The van der Waals surface area contributed by atoms with Crippen LogP contribution in [-0.4, -0.2) is 57.8 Å². The number of ether oxygens (including phenoxy) is 2. The average Bonchev–Trinajstić information content (AvgIpc) is 3.13. The second kappa shape index (κ2) is 8.87. The minimum Gasteiger partial charge on any atom is -0.489 e. The summed E-state index contributed by atoms with van der Waals surface area (Å²) in [6.07, 6.45) is 3.63. The Morgan fingerprint density at radius 2 is 2.19 bits per heavy atom. The quantitative estimate of drug-likeness (QED) is 0.703. The van der Waals surface area contributed by atoms with Crippen molar-refractivity contribution in [2.45, 2.75) is 12.8 Å². The van der Waals surface area contributed by atoms with Gasteiger partial charge in [0.25, 0.3) is 5.91 Å². The second-order valence-electron chi connectivity index (χ2n) is 7.44. The Hall–Kier alpha value is -1.89. The van der Waals surface area contributed by atoms with Gasteiger partial charge in [-0.3, -0.25) is 4.79 Å². The highest BCUT2D eigenvalue weighted by molar-refractivity contribution is 7.17. The molecule has 1 aromatic heterocycles. The van der Waals surface area contributed by atoms with E-state index in [4.69, 9.17) is 9.47 Å². The molecule has 1 aliphatic rings. The van der Waals surface area contributed by atoms with Gasteiger partial charge in [-0.1, -0.05) is 12.7 Å². The summed E-state index contributed by atoms with van der Waals surface area (Å²) >= 11 is 1.61. The van der Waals surface area contributed by atoms with E-state index in [1.54, 1.807) is 17.4 Å². The van der Waals surface area contributed by atoms with Crippen LogP contribution in [0.3, 0.4) is 0 Å². The van der Waals surface area contributed by atoms with Crippen LogP contribution in [0.5, 0.6) is 5.75 Å². The summed E-state index contributed by atoms with van der Waals surface area (Å²) in [4.78, 5) is 15.1. The van der Waals surface area contributed by atoms with Crippen LogP contribution in [0.25, 0.3) is 10.1 Å². The number of carbonyl (C=O) groups is 1. The first-order valence-corrected chi connectivity index (χ1v) is 10.2. The van der Waals surface area contributed by atoms with E-state index in [0.717, 1.165) is 48.4 Å². The van der Waals surface area contributed by atoms with E-state index in [1.165, 1.54) is 0 Å². The molecule has 1 amide bonds. The molecule has 1 N–H and O–H groups in total. The number of hydrogen-bond donors (Lipinski definition) is 1. The van der Waals surface area contributed by atoms with Gasteiger partial charge in [0, 0.05) is 47.4 Å². The minimum absolute atomic E-state index is 0.0571. The highest BCUT2D eigenvalue weighted by Gasteiger charge is 2.33. The normalized spacial score (nSPS) is 16.4. The van der Waals surface area contributed by atoms with E-state index < -0.39 is 0 Å². The van der Waals surface area contributed by atoms with Crippen LogP contribution in [0, 0.1) is 5.41 Å². The number of carbonyl (C=O) groups excluding carboxylic acids is 1. The van der Waals surface area contributed by atoms with Gasteiger partial charge in [0.05, 0.1) is 0 Å². The Balaban J connectivity index is 1.75. The molecule has 1 aromatic carbocycles. The number of rotatable bonds is 8. The number of amides is 1. The molecule has 27 heavy (non-hydrogen) atoms. The second-order valence-corrected chi connectivity index (χ2v) is 8.39. The van der Waals surface area contributed by atoms with Crippen molar-refractivity contribution in [2.75, 3.05) is 47.0 Å². The van der Waals surface area contributed by atoms with Gasteiger partial charge in [0.15, 0.2) is 0 Å². The molecule has 0 unspecified atom stereocenters. The molecule has 0 aliphatic carbocycles. The maximum atomic E-state index is 12.9. The first-order chi connectivity index (χ1) is 13.0. The predicted octanol–water partition coefficient (Wildman–Crippen LogP) is 3.55. The number of nitrogens with zero attached hydrogens (tertiary/aromatic N) is 1. The van der Waals surface area contributed by atoms with Gasteiger partial charge in [-0.05, 0) is 50.5 Å².